The van der Waals surface area contributed by atoms with Crippen LogP contribution in [0.1, 0.15) is 41.9 Å². The zero-order valence-corrected chi connectivity index (χ0v) is 16.1. The van der Waals surface area contributed by atoms with E-state index in [4.69, 9.17) is 14.5 Å². The van der Waals surface area contributed by atoms with Gasteiger partial charge in [-0.1, -0.05) is 30.3 Å². The summed E-state index contributed by atoms with van der Waals surface area (Å²) in [6, 6.07) is 10.6. The number of ether oxygens (including phenoxy) is 2. The maximum atomic E-state index is 5.87. The van der Waals surface area contributed by atoms with Gasteiger partial charge in [0.1, 0.15) is 0 Å². The van der Waals surface area contributed by atoms with E-state index in [-0.39, 0.29) is 0 Å². The lowest BCUT2D eigenvalue weighted by Gasteiger charge is -2.26. The van der Waals surface area contributed by atoms with Crippen LogP contribution in [-0.2, 0) is 22.4 Å². The van der Waals surface area contributed by atoms with E-state index < -0.39 is 0 Å². The van der Waals surface area contributed by atoms with Gasteiger partial charge in [-0.3, -0.25) is 4.90 Å². The summed E-state index contributed by atoms with van der Waals surface area (Å²) in [5, 5.41) is 3.41. The highest BCUT2D eigenvalue weighted by molar-refractivity contribution is 7.09. The maximum absolute atomic E-state index is 5.87. The van der Waals surface area contributed by atoms with E-state index in [0.29, 0.717) is 12.2 Å². The maximum Gasteiger partial charge on any atom is 0.0972 e. The summed E-state index contributed by atoms with van der Waals surface area (Å²) in [4.78, 5) is 7.38. The van der Waals surface area contributed by atoms with Gasteiger partial charge in [-0.15, -0.1) is 11.3 Å². The number of hydrogen-bond acceptors (Lipinski definition) is 5. The van der Waals surface area contributed by atoms with E-state index >= 15 is 0 Å². The molecular weight excluding hydrogens is 344 g/mol. The molecule has 0 N–H and O–H groups in total. The first-order chi connectivity index (χ1) is 12.8. The van der Waals surface area contributed by atoms with Crippen LogP contribution in [0.4, 0.5) is 0 Å². The molecule has 2 atom stereocenters. The molecule has 0 bridgehead atoms. The number of rotatable bonds is 8. The number of aromatic nitrogens is 1. The van der Waals surface area contributed by atoms with Gasteiger partial charge in [-0.2, -0.15) is 0 Å². The van der Waals surface area contributed by atoms with Crippen molar-refractivity contribution in [3.8, 4) is 0 Å². The number of benzene rings is 1. The average molecular weight is 373 g/mol. The van der Waals surface area contributed by atoms with Gasteiger partial charge in [-0.25, -0.2) is 4.98 Å². The number of hydrogen-bond donors (Lipinski definition) is 0. The molecule has 140 valence electrons. The SMILES string of the molecule is c1ccc(Cc2nc(CN(CC3CCCO3)CC3CCCO3)cs2)cc1. The van der Waals surface area contributed by atoms with Crippen LogP contribution in [0.15, 0.2) is 35.7 Å². The normalized spacial score (nSPS) is 23.1. The lowest BCUT2D eigenvalue weighted by Crippen LogP contribution is -2.37. The Morgan fingerprint density at radius 3 is 2.31 bits per heavy atom. The second-order valence-electron chi connectivity index (χ2n) is 7.36. The van der Waals surface area contributed by atoms with Crippen molar-refractivity contribution in [2.45, 2.75) is 50.9 Å². The fourth-order valence-corrected chi connectivity index (χ4v) is 4.68. The summed E-state index contributed by atoms with van der Waals surface area (Å²) in [5.74, 6) is 0. The molecule has 1 aromatic carbocycles. The zero-order chi connectivity index (χ0) is 17.6. The minimum atomic E-state index is 0.374. The summed E-state index contributed by atoms with van der Waals surface area (Å²) in [6.45, 7) is 4.70. The summed E-state index contributed by atoms with van der Waals surface area (Å²) in [6.07, 6.45) is 6.41. The highest BCUT2D eigenvalue weighted by Crippen LogP contribution is 2.20. The van der Waals surface area contributed by atoms with Crippen molar-refractivity contribution in [3.63, 3.8) is 0 Å². The Morgan fingerprint density at radius 1 is 1.00 bits per heavy atom. The lowest BCUT2D eigenvalue weighted by molar-refractivity contribution is 0.0342. The van der Waals surface area contributed by atoms with Crippen LogP contribution < -0.4 is 0 Å². The van der Waals surface area contributed by atoms with Crippen molar-refractivity contribution in [3.05, 3.63) is 52.0 Å². The Balaban J connectivity index is 1.37. The Labute approximate surface area is 160 Å². The predicted octanol–water partition coefficient (Wildman–Crippen LogP) is 3.89. The second-order valence-corrected chi connectivity index (χ2v) is 8.30. The van der Waals surface area contributed by atoms with Crippen LogP contribution in [0.25, 0.3) is 0 Å². The Bertz CT molecular complexity index is 646. The molecule has 0 aliphatic carbocycles. The van der Waals surface area contributed by atoms with Crippen molar-refractivity contribution in [1.29, 1.82) is 0 Å². The predicted molar refractivity (Wildman–Crippen MR) is 105 cm³/mol. The molecule has 4 nitrogen and oxygen atoms in total. The molecule has 1 aromatic heterocycles. The summed E-state index contributed by atoms with van der Waals surface area (Å²) in [7, 11) is 0. The molecule has 2 aliphatic heterocycles. The first kappa shape index (κ1) is 18.1. The van der Waals surface area contributed by atoms with Gasteiger partial charge in [0.2, 0.25) is 0 Å². The van der Waals surface area contributed by atoms with Crippen molar-refractivity contribution < 1.29 is 9.47 Å². The summed E-state index contributed by atoms with van der Waals surface area (Å²) >= 11 is 1.77. The monoisotopic (exact) mass is 372 g/mol. The third-order valence-electron chi connectivity index (χ3n) is 5.15. The largest absolute Gasteiger partial charge is 0.377 e. The molecule has 2 saturated heterocycles. The van der Waals surface area contributed by atoms with Gasteiger partial charge in [-0.05, 0) is 31.2 Å². The Hall–Kier alpha value is -1.27. The van der Waals surface area contributed by atoms with Gasteiger partial charge in [0.25, 0.3) is 0 Å². The molecule has 2 aromatic rings. The second kappa shape index (κ2) is 9.09. The van der Waals surface area contributed by atoms with E-state index in [1.807, 2.05) is 0 Å². The standard InChI is InChI=1S/C21H28N2O2S/c1-2-6-17(7-3-1)12-21-22-18(16-26-21)13-23(14-19-8-4-10-24-19)15-20-9-5-11-25-20/h1-3,6-7,16,19-20H,4-5,8-15H2. The molecule has 26 heavy (non-hydrogen) atoms. The first-order valence-corrected chi connectivity index (χ1v) is 10.7. The smallest absolute Gasteiger partial charge is 0.0972 e. The van der Waals surface area contributed by atoms with E-state index in [1.165, 1.54) is 41.9 Å². The molecule has 5 heteroatoms. The number of thiazole rings is 1. The van der Waals surface area contributed by atoms with E-state index in [9.17, 15) is 0 Å². The van der Waals surface area contributed by atoms with Gasteiger partial charge in [0, 0.05) is 44.6 Å². The summed E-state index contributed by atoms with van der Waals surface area (Å²) < 4.78 is 11.7. The fraction of sp³-hybridized carbons (Fsp3) is 0.571. The van der Waals surface area contributed by atoms with Gasteiger partial charge in [0.05, 0.1) is 22.9 Å². The van der Waals surface area contributed by atoms with Crippen LogP contribution in [0.3, 0.4) is 0 Å². The van der Waals surface area contributed by atoms with Gasteiger partial charge in [0.15, 0.2) is 0 Å². The highest BCUT2D eigenvalue weighted by Gasteiger charge is 2.24. The third-order valence-corrected chi connectivity index (χ3v) is 6.05. The van der Waals surface area contributed by atoms with Crippen LogP contribution in [0, 0.1) is 0 Å². The Kier molecular flexibility index (Phi) is 6.33. The third kappa shape index (κ3) is 5.13. The molecule has 2 unspecified atom stereocenters. The van der Waals surface area contributed by atoms with Crippen LogP contribution in [0.5, 0.6) is 0 Å². The molecule has 0 radical (unpaired) electrons. The van der Waals surface area contributed by atoms with Crippen molar-refractivity contribution in [2.24, 2.45) is 0 Å². The van der Waals surface area contributed by atoms with Gasteiger partial charge >= 0.3 is 0 Å². The zero-order valence-electron chi connectivity index (χ0n) is 15.3. The van der Waals surface area contributed by atoms with Gasteiger partial charge < -0.3 is 9.47 Å². The number of nitrogens with zero attached hydrogens (tertiary/aromatic N) is 2. The fourth-order valence-electron chi connectivity index (χ4n) is 3.86. The first-order valence-electron chi connectivity index (χ1n) is 9.78. The Morgan fingerprint density at radius 2 is 1.69 bits per heavy atom. The molecule has 3 heterocycles. The van der Waals surface area contributed by atoms with Crippen molar-refractivity contribution in [1.82, 2.24) is 9.88 Å². The van der Waals surface area contributed by atoms with E-state index in [0.717, 1.165) is 39.3 Å². The van der Waals surface area contributed by atoms with Crippen molar-refractivity contribution >= 4 is 11.3 Å². The van der Waals surface area contributed by atoms with Crippen LogP contribution in [0.2, 0.25) is 0 Å². The minimum absolute atomic E-state index is 0.374. The molecule has 0 spiro atoms. The van der Waals surface area contributed by atoms with Crippen molar-refractivity contribution in [2.75, 3.05) is 26.3 Å². The molecular formula is C21H28N2O2S. The average Bonchev–Trinajstić information content (AvgIpc) is 3.40. The quantitative estimate of drug-likeness (QED) is 0.704. The highest BCUT2D eigenvalue weighted by atomic mass is 32.1. The molecule has 4 rings (SSSR count). The minimum Gasteiger partial charge on any atom is -0.377 e. The van der Waals surface area contributed by atoms with E-state index in [2.05, 4.69) is 40.6 Å². The molecule has 0 amide bonds. The van der Waals surface area contributed by atoms with Crippen LogP contribution >= 0.6 is 11.3 Å². The van der Waals surface area contributed by atoms with E-state index in [1.54, 1.807) is 11.3 Å². The molecule has 2 aliphatic rings. The summed E-state index contributed by atoms with van der Waals surface area (Å²) in [5.41, 5.74) is 2.50. The molecule has 2 fully saturated rings. The topological polar surface area (TPSA) is 34.6 Å². The lowest BCUT2D eigenvalue weighted by atomic mass is 10.2. The molecule has 0 saturated carbocycles. The van der Waals surface area contributed by atoms with Crippen LogP contribution in [-0.4, -0.2) is 48.4 Å².